The Bertz CT molecular complexity index is 1100. The molecule has 0 bridgehead atoms. The molecule has 3 aromatic rings. The Kier molecular flexibility index (Phi) is 7.48. The van der Waals surface area contributed by atoms with Crippen molar-refractivity contribution in [3.05, 3.63) is 76.4 Å². The maximum atomic E-state index is 14.3. The van der Waals surface area contributed by atoms with Crippen molar-refractivity contribution in [2.24, 2.45) is 5.41 Å². The molecule has 0 aliphatic heterocycles. The van der Waals surface area contributed by atoms with E-state index in [1.807, 2.05) is 51.1 Å². The van der Waals surface area contributed by atoms with Gasteiger partial charge in [-0.3, -0.25) is 0 Å². The second kappa shape index (κ2) is 9.96. The van der Waals surface area contributed by atoms with Gasteiger partial charge < -0.3 is 14.2 Å². The lowest BCUT2D eigenvalue weighted by Gasteiger charge is -2.26. The van der Waals surface area contributed by atoms with Crippen LogP contribution in [0.15, 0.2) is 54.6 Å². The van der Waals surface area contributed by atoms with E-state index in [-0.39, 0.29) is 23.5 Å². The lowest BCUT2D eigenvalue weighted by Crippen LogP contribution is -2.36. The standard InChI is InChI=1S/C26H29ClF2N2O2/c1-17-21(19-11-13-20(27)14-12-19)24(33-25(32)30(5)16-26(2,3)4)31(22(17)23(28)29)15-18-9-7-6-8-10-18/h6-14,23H,15-16H2,1-5H3. The number of benzene rings is 2. The van der Waals surface area contributed by atoms with E-state index in [0.717, 1.165) is 5.56 Å². The predicted molar refractivity (Wildman–Crippen MR) is 128 cm³/mol. The Morgan fingerprint density at radius 2 is 1.70 bits per heavy atom. The molecule has 7 heteroatoms. The minimum Gasteiger partial charge on any atom is -0.392 e. The Morgan fingerprint density at radius 1 is 1.09 bits per heavy atom. The van der Waals surface area contributed by atoms with E-state index in [0.29, 0.717) is 28.3 Å². The molecule has 4 nitrogen and oxygen atoms in total. The van der Waals surface area contributed by atoms with Gasteiger partial charge in [0, 0.05) is 24.2 Å². The fourth-order valence-electron chi connectivity index (χ4n) is 3.94. The molecule has 0 fully saturated rings. The molecule has 3 rings (SSSR count). The number of hydrogen-bond acceptors (Lipinski definition) is 2. The summed E-state index contributed by atoms with van der Waals surface area (Å²) in [5, 5.41) is 0.526. The molecule has 0 radical (unpaired) electrons. The number of carbonyl (C=O) groups excluding carboxylic acids is 1. The number of rotatable bonds is 6. The summed E-state index contributed by atoms with van der Waals surface area (Å²) >= 11 is 6.04. The number of ether oxygens (including phenoxy) is 1. The SMILES string of the molecule is Cc1c(-c2ccc(Cl)cc2)c(OC(=O)N(C)CC(C)(C)C)n(Cc2ccccc2)c1C(F)F. The smallest absolute Gasteiger partial charge is 0.392 e. The van der Waals surface area contributed by atoms with Crippen molar-refractivity contribution in [1.29, 1.82) is 0 Å². The lowest BCUT2D eigenvalue weighted by atomic mass is 9.96. The molecule has 0 unspecified atom stereocenters. The average Bonchev–Trinajstić information content (AvgIpc) is 2.99. The first-order valence-corrected chi connectivity index (χ1v) is 11.1. The van der Waals surface area contributed by atoms with Gasteiger partial charge in [0.15, 0.2) is 0 Å². The largest absolute Gasteiger partial charge is 0.416 e. The highest BCUT2D eigenvalue weighted by molar-refractivity contribution is 6.30. The van der Waals surface area contributed by atoms with Gasteiger partial charge in [-0.2, -0.15) is 0 Å². The highest BCUT2D eigenvalue weighted by Gasteiger charge is 2.30. The number of hydrogen-bond donors (Lipinski definition) is 0. The number of amides is 1. The van der Waals surface area contributed by atoms with Crippen molar-refractivity contribution in [1.82, 2.24) is 9.47 Å². The quantitative estimate of drug-likeness (QED) is 0.369. The monoisotopic (exact) mass is 474 g/mol. The molecule has 0 aliphatic carbocycles. The van der Waals surface area contributed by atoms with Crippen molar-refractivity contribution in [3.8, 4) is 17.0 Å². The highest BCUT2D eigenvalue weighted by atomic mass is 35.5. The van der Waals surface area contributed by atoms with Crippen LogP contribution in [0.4, 0.5) is 13.6 Å². The Morgan fingerprint density at radius 3 is 2.24 bits per heavy atom. The number of nitrogens with zero attached hydrogens (tertiary/aromatic N) is 2. The average molecular weight is 475 g/mol. The summed E-state index contributed by atoms with van der Waals surface area (Å²) in [6.07, 6.45) is -3.35. The number of halogens is 3. The molecule has 0 N–H and O–H groups in total. The molecule has 1 aromatic heterocycles. The highest BCUT2D eigenvalue weighted by Crippen LogP contribution is 2.42. The second-order valence-corrected chi connectivity index (χ2v) is 9.79. The molecule has 176 valence electrons. The van der Waals surface area contributed by atoms with Crippen LogP contribution in [0.1, 0.15) is 44.0 Å². The summed E-state index contributed by atoms with van der Waals surface area (Å²) in [4.78, 5) is 14.5. The van der Waals surface area contributed by atoms with Gasteiger partial charge in [0.2, 0.25) is 5.88 Å². The zero-order valence-corrected chi connectivity index (χ0v) is 20.3. The van der Waals surface area contributed by atoms with Gasteiger partial charge in [-0.15, -0.1) is 0 Å². The number of aromatic nitrogens is 1. The second-order valence-electron chi connectivity index (χ2n) is 9.35. The normalized spacial score (nSPS) is 11.7. The van der Waals surface area contributed by atoms with E-state index in [2.05, 4.69) is 0 Å². The minimum absolute atomic E-state index is 0.0970. The molecular formula is C26H29ClF2N2O2. The zero-order valence-electron chi connectivity index (χ0n) is 19.5. The van der Waals surface area contributed by atoms with E-state index in [1.54, 1.807) is 38.2 Å². The van der Waals surface area contributed by atoms with Crippen LogP contribution in [-0.2, 0) is 6.54 Å². The third-order valence-electron chi connectivity index (χ3n) is 5.24. The van der Waals surface area contributed by atoms with Crippen molar-refractivity contribution in [2.45, 2.75) is 40.7 Å². The van der Waals surface area contributed by atoms with Crippen LogP contribution >= 0.6 is 11.6 Å². The van der Waals surface area contributed by atoms with Crippen LogP contribution in [0, 0.1) is 12.3 Å². The third kappa shape index (κ3) is 5.93. The van der Waals surface area contributed by atoms with E-state index >= 15 is 0 Å². The Labute approximate surface area is 198 Å². The summed E-state index contributed by atoms with van der Waals surface area (Å²) in [7, 11) is 1.64. The van der Waals surface area contributed by atoms with E-state index in [4.69, 9.17) is 16.3 Å². The first-order valence-electron chi connectivity index (χ1n) is 10.7. The van der Waals surface area contributed by atoms with Crippen LogP contribution in [0.5, 0.6) is 5.88 Å². The third-order valence-corrected chi connectivity index (χ3v) is 5.49. The van der Waals surface area contributed by atoms with Crippen molar-refractivity contribution in [3.63, 3.8) is 0 Å². The molecule has 0 saturated carbocycles. The maximum Gasteiger partial charge on any atom is 0.416 e. The number of alkyl halides is 2. The van der Waals surface area contributed by atoms with Crippen LogP contribution in [0.2, 0.25) is 5.02 Å². The van der Waals surface area contributed by atoms with Crippen molar-refractivity contribution >= 4 is 17.7 Å². The summed E-state index contributed by atoms with van der Waals surface area (Å²) in [5.41, 5.74) is 1.96. The first kappa shape index (κ1) is 24.8. The van der Waals surface area contributed by atoms with Gasteiger partial charge in [0.05, 0.1) is 12.2 Å². The fourth-order valence-corrected chi connectivity index (χ4v) is 4.07. The summed E-state index contributed by atoms with van der Waals surface area (Å²) in [6, 6.07) is 16.1. The molecule has 33 heavy (non-hydrogen) atoms. The lowest BCUT2D eigenvalue weighted by molar-refractivity contribution is 0.132. The molecule has 1 amide bonds. The predicted octanol–water partition coefficient (Wildman–Crippen LogP) is 7.58. The van der Waals surface area contributed by atoms with Crippen LogP contribution < -0.4 is 4.74 Å². The van der Waals surface area contributed by atoms with E-state index in [9.17, 15) is 13.6 Å². The zero-order chi connectivity index (χ0) is 24.3. The number of carbonyl (C=O) groups is 1. The summed E-state index contributed by atoms with van der Waals surface area (Å²) in [5.74, 6) is 0.0970. The van der Waals surface area contributed by atoms with Gasteiger partial charge in [0.1, 0.15) is 0 Å². The Hall–Kier alpha value is -2.86. The molecule has 0 spiro atoms. The molecule has 0 saturated heterocycles. The van der Waals surface area contributed by atoms with Gasteiger partial charge in [0.25, 0.3) is 6.43 Å². The molecule has 0 atom stereocenters. The van der Waals surface area contributed by atoms with Crippen molar-refractivity contribution < 1.29 is 18.3 Å². The van der Waals surface area contributed by atoms with Gasteiger partial charge in [-0.1, -0.05) is 74.8 Å². The molecule has 2 aromatic carbocycles. The van der Waals surface area contributed by atoms with Crippen LogP contribution in [0.3, 0.4) is 0 Å². The van der Waals surface area contributed by atoms with Crippen LogP contribution in [0.25, 0.3) is 11.1 Å². The summed E-state index contributed by atoms with van der Waals surface area (Å²) < 4.78 is 35.8. The molecular weight excluding hydrogens is 446 g/mol. The minimum atomic E-state index is -2.75. The van der Waals surface area contributed by atoms with Crippen molar-refractivity contribution in [2.75, 3.05) is 13.6 Å². The summed E-state index contributed by atoms with van der Waals surface area (Å²) in [6.45, 7) is 8.24. The topological polar surface area (TPSA) is 34.5 Å². The Balaban J connectivity index is 2.16. The first-order chi connectivity index (χ1) is 15.5. The fraction of sp³-hybridized carbons (Fsp3) is 0.346. The van der Waals surface area contributed by atoms with E-state index < -0.39 is 12.5 Å². The van der Waals surface area contributed by atoms with E-state index in [1.165, 1.54) is 9.47 Å². The molecule has 0 aliphatic rings. The molecule has 1 heterocycles. The van der Waals surface area contributed by atoms with Gasteiger partial charge >= 0.3 is 6.09 Å². The van der Waals surface area contributed by atoms with Gasteiger partial charge in [-0.25, -0.2) is 13.6 Å². The maximum absolute atomic E-state index is 14.3. The van der Waals surface area contributed by atoms with Gasteiger partial charge in [-0.05, 0) is 41.2 Å². The van der Waals surface area contributed by atoms with Crippen LogP contribution in [-0.4, -0.2) is 29.2 Å².